The number of aromatic hydroxyl groups is 1. The van der Waals surface area contributed by atoms with Crippen LogP contribution in [0.15, 0.2) is 28.4 Å². The number of nitrogens with one attached hydrogen (secondary N) is 1. The number of hydrogen-bond acceptors (Lipinski definition) is 6. The molecule has 0 aromatic heterocycles. The number of benzene rings is 1. The molecule has 1 aliphatic rings. The fourth-order valence-corrected chi connectivity index (χ4v) is 2.91. The fourth-order valence-electron chi connectivity index (χ4n) is 1.52. The fraction of sp³-hybridized carbons (Fsp3) is 0.167. The summed E-state index contributed by atoms with van der Waals surface area (Å²) in [7, 11) is 0. The molecule has 2 rings (SSSR count). The van der Waals surface area contributed by atoms with Gasteiger partial charge in [0.1, 0.15) is 11.0 Å². The van der Waals surface area contributed by atoms with E-state index in [1.54, 1.807) is 18.2 Å². The van der Waals surface area contributed by atoms with Gasteiger partial charge in [-0.15, -0.1) is 5.10 Å². The Labute approximate surface area is 137 Å². The average molecular weight is 419 g/mol. The molecule has 1 atom stereocenters. The molecular formula is C12H10IN3O4S. The number of hydrogen-bond donors (Lipinski definition) is 3. The molecule has 3 N–H and O–H groups in total. The maximum Gasteiger partial charge on any atom is 0.305 e. The Morgan fingerprint density at radius 2 is 2.29 bits per heavy atom. The lowest BCUT2D eigenvalue weighted by Gasteiger charge is -1.98. The minimum atomic E-state index is -1.04. The Balaban J connectivity index is 2.05. The normalized spacial score (nSPS) is 20.1. The zero-order valence-electron chi connectivity index (χ0n) is 10.5. The zero-order valence-corrected chi connectivity index (χ0v) is 13.5. The Hall–Kier alpha value is -1.62. The van der Waals surface area contributed by atoms with Crippen molar-refractivity contribution in [2.24, 2.45) is 10.2 Å². The number of carbonyl (C=O) groups is 2. The molecule has 1 saturated heterocycles. The molecule has 1 fully saturated rings. The molecule has 9 heteroatoms. The lowest BCUT2D eigenvalue weighted by atomic mass is 10.2. The van der Waals surface area contributed by atoms with E-state index in [2.05, 4.69) is 38.1 Å². The number of phenolic OH excluding ortho intramolecular Hbond substituents is 1. The SMILES string of the molecule is O=C(O)CC1SC(=NN=Cc2cc(O)ccc2I)NC1=O. The summed E-state index contributed by atoms with van der Waals surface area (Å²) in [6.07, 6.45) is 1.19. The average Bonchev–Trinajstić information content (AvgIpc) is 2.73. The topological polar surface area (TPSA) is 111 Å². The lowest BCUT2D eigenvalue weighted by Crippen LogP contribution is -2.26. The maximum absolute atomic E-state index is 11.5. The quantitative estimate of drug-likeness (QED) is 0.388. The van der Waals surface area contributed by atoms with Crippen LogP contribution in [-0.2, 0) is 9.59 Å². The molecule has 1 aromatic carbocycles. The van der Waals surface area contributed by atoms with Gasteiger partial charge < -0.3 is 15.5 Å². The Morgan fingerprint density at radius 3 is 3.00 bits per heavy atom. The van der Waals surface area contributed by atoms with E-state index >= 15 is 0 Å². The summed E-state index contributed by atoms with van der Waals surface area (Å²) >= 11 is 3.13. The molecule has 1 heterocycles. The second-order valence-corrected chi connectivity index (χ2v) is 6.40. The van der Waals surface area contributed by atoms with Crippen molar-refractivity contribution in [2.75, 3.05) is 0 Å². The van der Waals surface area contributed by atoms with Gasteiger partial charge in [0.05, 0.1) is 12.6 Å². The summed E-state index contributed by atoms with van der Waals surface area (Å²) in [6, 6.07) is 4.84. The number of halogens is 1. The summed E-state index contributed by atoms with van der Waals surface area (Å²) in [6.45, 7) is 0. The summed E-state index contributed by atoms with van der Waals surface area (Å²) in [4.78, 5) is 22.1. The Bertz CT molecular complexity index is 647. The second kappa shape index (κ2) is 6.89. The third-order valence-corrected chi connectivity index (χ3v) is 4.52. The molecule has 0 radical (unpaired) electrons. The summed E-state index contributed by atoms with van der Waals surface area (Å²) in [5.41, 5.74) is 0.691. The highest BCUT2D eigenvalue weighted by molar-refractivity contribution is 14.1. The number of nitrogens with zero attached hydrogens (tertiary/aromatic N) is 2. The first-order valence-electron chi connectivity index (χ1n) is 5.74. The number of amides is 1. The molecular weight excluding hydrogens is 409 g/mol. The molecule has 110 valence electrons. The number of phenols is 1. The van der Waals surface area contributed by atoms with Gasteiger partial charge in [0.2, 0.25) is 5.91 Å². The van der Waals surface area contributed by atoms with Crippen molar-refractivity contribution in [1.29, 1.82) is 0 Å². The van der Waals surface area contributed by atoms with E-state index < -0.39 is 11.2 Å². The van der Waals surface area contributed by atoms with Crippen LogP contribution in [0.1, 0.15) is 12.0 Å². The first-order valence-corrected chi connectivity index (χ1v) is 7.70. The standard InChI is InChI=1S/C12H10IN3O4S/c13-8-2-1-7(17)3-6(8)5-14-16-12-15-11(20)9(21-12)4-10(18)19/h1-3,5,9,17H,4H2,(H,18,19)(H,15,16,20). The van der Waals surface area contributed by atoms with Gasteiger partial charge in [0.15, 0.2) is 5.17 Å². The van der Waals surface area contributed by atoms with Gasteiger partial charge in [-0.25, -0.2) is 0 Å². The number of thioether (sulfide) groups is 1. The molecule has 1 unspecified atom stereocenters. The first-order chi connectivity index (χ1) is 9.95. The molecule has 0 bridgehead atoms. The van der Waals surface area contributed by atoms with Crippen LogP contribution in [0.4, 0.5) is 0 Å². The summed E-state index contributed by atoms with van der Waals surface area (Å²) < 4.78 is 0.890. The molecule has 1 aliphatic heterocycles. The van der Waals surface area contributed by atoms with Crippen LogP contribution in [0.2, 0.25) is 0 Å². The zero-order chi connectivity index (χ0) is 15.4. The first kappa shape index (κ1) is 15.8. The van der Waals surface area contributed by atoms with Crippen LogP contribution in [0.5, 0.6) is 5.75 Å². The van der Waals surface area contributed by atoms with E-state index in [-0.39, 0.29) is 23.2 Å². The van der Waals surface area contributed by atoms with Gasteiger partial charge in [-0.1, -0.05) is 11.8 Å². The molecule has 21 heavy (non-hydrogen) atoms. The van der Waals surface area contributed by atoms with E-state index in [0.29, 0.717) is 5.56 Å². The molecule has 0 aliphatic carbocycles. The largest absolute Gasteiger partial charge is 0.508 e. The monoisotopic (exact) mass is 419 g/mol. The van der Waals surface area contributed by atoms with Crippen LogP contribution >= 0.6 is 34.4 Å². The predicted octanol–water partition coefficient (Wildman–Crippen LogP) is 1.39. The van der Waals surface area contributed by atoms with E-state index in [4.69, 9.17) is 5.11 Å². The van der Waals surface area contributed by atoms with E-state index in [1.165, 1.54) is 6.21 Å². The van der Waals surface area contributed by atoms with Gasteiger partial charge in [-0.2, -0.15) is 5.10 Å². The van der Waals surface area contributed by atoms with Crippen LogP contribution < -0.4 is 5.32 Å². The lowest BCUT2D eigenvalue weighted by molar-refractivity contribution is -0.138. The Kier molecular flexibility index (Phi) is 5.17. The molecule has 0 spiro atoms. The van der Waals surface area contributed by atoms with Crippen molar-refractivity contribution in [3.63, 3.8) is 0 Å². The van der Waals surface area contributed by atoms with Gasteiger partial charge >= 0.3 is 5.97 Å². The molecule has 7 nitrogen and oxygen atoms in total. The van der Waals surface area contributed by atoms with Crippen molar-refractivity contribution >= 4 is 57.6 Å². The smallest absolute Gasteiger partial charge is 0.305 e. The third-order valence-electron chi connectivity index (χ3n) is 2.46. The predicted molar refractivity (Wildman–Crippen MR) is 87.6 cm³/mol. The number of carboxylic acid groups (broad SMARTS) is 1. The van der Waals surface area contributed by atoms with Crippen molar-refractivity contribution in [2.45, 2.75) is 11.7 Å². The van der Waals surface area contributed by atoms with Crippen LogP contribution in [0, 0.1) is 3.57 Å². The summed E-state index contributed by atoms with van der Waals surface area (Å²) in [5, 5.41) is 27.8. The third kappa shape index (κ3) is 4.43. The maximum atomic E-state index is 11.5. The minimum absolute atomic E-state index is 0.120. The van der Waals surface area contributed by atoms with E-state index in [9.17, 15) is 14.7 Å². The highest BCUT2D eigenvalue weighted by Crippen LogP contribution is 2.22. The number of amidine groups is 1. The minimum Gasteiger partial charge on any atom is -0.508 e. The van der Waals surface area contributed by atoms with Crippen molar-refractivity contribution in [3.05, 3.63) is 27.3 Å². The number of aliphatic carboxylic acids is 1. The molecule has 0 saturated carbocycles. The Morgan fingerprint density at radius 1 is 1.52 bits per heavy atom. The molecule has 1 amide bonds. The van der Waals surface area contributed by atoms with Gasteiger partial charge in [0, 0.05) is 9.13 Å². The van der Waals surface area contributed by atoms with Gasteiger partial charge in [-0.3, -0.25) is 9.59 Å². The number of carboxylic acids is 1. The summed E-state index contributed by atoms with van der Waals surface area (Å²) in [5.74, 6) is -1.31. The highest BCUT2D eigenvalue weighted by Gasteiger charge is 2.32. The number of carbonyl (C=O) groups excluding carboxylic acids is 1. The van der Waals surface area contributed by atoms with Crippen LogP contribution in [0.3, 0.4) is 0 Å². The second-order valence-electron chi connectivity index (χ2n) is 4.05. The van der Waals surface area contributed by atoms with Crippen LogP contribution in [0.25, 0.3) is 0 Å². The highest BCUT2D eigenvalue weighted by atomic mass is 127. The van der Waals surface area contributed by atoms with Gasteiger partial charge in [-0.05, 0) is 40.8 Å². The molecule has 1 aromatic rings. The van der Waals surface area contributed by atoms with E-state index in [1.807, 2.05) is 0 Å². The van der Waals surface area contributed by atoms with Crippen molar-refractivity contribution < 1.29 is 19.8 Å². The number of rotatable bonds is 4. The van der Waals surface area contributed by atoms with Crippen molar-refractivity contribution in [1.82, 2.24) is 5.32 Å². The van der Waals surface area contributed by atoms with Crippen LogP contribution in [-0.4, -0.2) is 38.7 Å². The van der Waals surface area contributed by atoms with Crippen molar-refractivity contribution in [3.8, 4) is 5.75 Å². The van der Waals surface area contributed by atoms with E-state index in [0.717, 1.165) is 15.3 Å². The van der Waals surface area contributed by atoms with Gasteiger partial charge in [0.25, 0.3) is 0 Å².